The minimum Gasteiger partial charge on any atom is -0.315 e. The molecule has 4 nitrogen and oxygen atoms in total. The first-order valence-corrected chi connectivity index (χ1v) is 8.11. The summed E-state index contributed by atoms with van der Waals surface area (Å²) in [5, 5.41) is 2.37. The largest absolute Gasteiger partial charge is 0.315 e. The van der Waals surface area contributed by atoms with E-state index in [1.54, 1.807) is 0 Å². The van der Waals surface area contributed by atoms with Crippen LogP contribution in [0.25, 0.3) is 0 Å². The highest BCUT2D eigenvalue weighted by atomic mass is 79.9. The molecule has 1 heterocycles. The quantitative estimate of drug-likeness (QED) is 0.818. The molecule has 1 atom stereocenters. The molecule has 0 bridgehead atoms. The van der Waals surface area contributed by atoms with E-state index in [-0.39, 0.29) is 10.2 Å². The second-order valence-electron chi connectivity index (χ2n) is 4.36. The van der Waals surface area contributed by atoms with Crippen LogP contribution in [0, 0.1) is 11.6 Å². The molecule has 0 amide bonds. The number of hydrogen-bond acceptors (Lipinski definition) is 3. The van der Waals surface area contributed by atoms with E-state index >= 15 is 0 Å². The second-order valence-corrected chi connectivity index (χ2v) is 7.18. The number of sulfonamides is 1. The van der Waals surface area contributed by atoms with Crippen molar-refractivity contribution in [3.8, 4) is 0 Å². The molecule has 0 aromatic heterocycles. The maximum Gasteiger partial charge on any atom is 0.236 e. The summed E-state index contributed by atoms with van der Waals surface area (Å²) in [6.07, 6.45) is 1.27. The van der Waals surface area contributed by atoms with E-state index in [4.69, 9.17) is 0 Å². The Bertz CT molecular complexity index is 574. The molecular weight excluding hydrogens is 342 g/mol. The minimum atomic E-state index is -3.68. The summed E-state index contributed by atoms with van der Waals surface area (Å²) < 4.78 is 52.9. The zero-order valence-electron chi connectivity index (χ0n) is 9.92. The summed E-state index contributed by atoms with van der Waals surface area (Å²) in [5.41, 5.74) is -0.251. The van der Waals surface area contributed by atoms with E-state index in [0.29, 0.717) is 19.0 Å². The summed E-state index contributed by atoms with van der Waals surface area (Å²) in [5.74, 6) is -1.71. The van der Waals surface area contributed by atoms with Gasteiger partial charge < -0.3 is 5.32 Å². The molecule has 0 saturated carbocycles. The number of rotatable bonds is 3. The fourth-order valence-electron chi connectivity index (χ4n) is 1.92. The Morgan fingerprint density at radius 3 is 2.68 bits per heavy atom. The number of halogens is 3. The Morgan fingerprint density at radius 1 is 1.32 bits per heavy atom. The Balaban J connectivity index is 2.22. The van der Waals surface area contributed by atoms with Crippen molar-refractivity contribution in [3.05, 3.63) is 28.2 Å². The lowest BCUT2D eigenvalue weighted by atomic mass is 10.2. The Morgan fingerprint density at radius 2 is 2.05 bits per heavy atom. The van der Waals surface area contributed by atoms with Gasteiger partial charge in [0.2, 0.25) is 10.0 Å². The lowest BCUT2D eigenvalue weighted by molar-refractivity contribution is 0.499. The third-order valence-corrected chi connectivity index (χ3v) is 5.34. The van der Waals surface area contributed by atoms with Crippen LogP contribution in [0.15, 0.2) is 16.6 Å². The molecule has 1 unspecified atom stereocenters. The molecule has 0 spiro atoms. The molecule has 2 rings (SSSR count). The van der Waals surface area contributed by atoms with E-state index in [1.807, 2.05) is 0 Å². The number of nitrogens with one attached hydrogen (secondary N) is 2. The predicted octanol–water partition coefficient (Wildman–Crippen LogP) is 2.22. The molecule has 1 saturated heterocycles. The van der Waals surface area contributed by atoms with Gasteiger partial charge in [-0.25, -0.2) is 17.2 Å². The zero-order chi connectivity index (χ0) is 14.0. The molecule has 19 heavy (non-hydrogen) atoms. The standard InChI is InChI=1S/C11H13BrF2N2O2S/c12-8-4-11(10(14)5-9(8)13)16-19(17,18)7-2-1-3-15-6-7/h4-5,7,15-16H,1-3,6H2. The van der Waals surface area contributed by atoms with Crippen molar-refractivity contribution in [3.63, 3.8) is 0 Å². The van der Waals surface area contributed by atoms with Gasteiger partial charge in [0.1, 0.15) is 11.6 Å². The normalized spacial score (nSPS) is 20.3. The van der Waals surface area contributed by atoms with Gasteiger partial charge in [0, 0.05) is 12.6 Å². The van der Waals surface area contributed by atoms with Crippen molar-refractivity contribution in [2.24, 2.45) is 0 Å². The Hall–Kier alpha value is -0.730. The van der Waals surface area contributed by atoms with E-state index in [9.17, 15) is 17.2 Å². The van der Waals surface area contributed by atoms with Crippen LogP contribution in [0.5, 0.6) is 0 Å². The molecule has 1 aliphatic rings. The number of piperidine rings is 1. The predicted molar refractivity (Wildman–Crippen MR) is 72.5 cm³/mol. The van der Waals surface area contributed by atoms with Crippen LogP contribution < -0.4 is 10.0 Å². The van der Waals surface area contributed by atoms with E-state index < -0.39 is 26.9 Å². The van der Waals surface area contributed by atoms with Gasteiger partial charge in [0.25, 0.3) is 0 Å². The van der Waals surface area contributed by atoms with E-state index in [0.717, 1.165) is 19.0 Å². The van der Waals surface area contributed by atoms with Gasteiger partial charge in [-0.1, -0.05) is 0 Å². The van der Waals surface area contributed by atoms with E-state index in [2.05, 4.69) is 26.0 Å². The SMILES string of the molecule is O=S(=O)(Nc1cc(Br)c(F)cc1F)C1CCCNC1. The average molecular weight is 355 g/mol. The van der Waals surface area contributed by atoms with Crippen LogP contribution >= 0.6 is 15.9 Å². The first-order chi connectivity index (χ1) is 8.90. The van der Waals surface area contributed by atoms with Crippen LogP contribution in [-0.4, -0.2) is 26.8 Å². The average Bonchev–Trinajstić information content (AvgIpc) is 2.37. The molecule has 106 valence electrons. The molecule has 0 aliphatic carbocycles. The third kappa shape index (κ3) is 3.43. The van der Waals surface area contributed by atoms with Crippen LogP contribution in [0.4, 0.5) is 14.5 Å². The highest BCUT2D eigenvalue weighted by molar-refractivity contribution is 9.10. The summed E-state index contributed by atoms with van der Waals surface area (Å²) >= 11 is 2.89. The lowest BCUT2D eigenvalue weighted by Gasteiger charge is -2.23. The Labute approximate surface area is 118 Å². The first-order valence-electron chi connectivity index (χ1n) is 5.77. The van der Waals surface area contributed by atoms with Crippen molar-refractivity contribution in [1.82, 2.24) is 5.32 Å². The summed E-state index contributed by atoms with van der Waals surface area (Å²) in [4.78, 5) is 0. The fourth-order valence-corrected chi connectivity index (χ4v) is 3.71. The molecule has 1 aromatic rings. The number of benzene rings is 1. The van der Waals surface area contributed by atoms with Crippen LogP contribution in [-0.2, 0) is 10.0 Å². The number of hydrogen-bond donors (Lipinski definition) is 2. The molecule has 1 fully saturated rings. The maximum atomic E-state index is 13.5. The van der Waals surface area contributed by atoms with Gasteiger partial charge in [0.05, 0.1) is 15.4 Å². The van der Waals surface area contributed by atoms with E-state index in [1.165, 1.54) is 0 Å². The summed E-state index contributed by atoms with van der Waals surface area (Å²) in [7, 11) is -3.68. The third-order valence-electron chi connectivity index (χ3n) is 2.95. The molecule has 8 heteroatoms. The first kappa shape index (κ1) is 14.7. The van der Waals surface area contributed by atoms with Crippen LogP contribution in [0.1, 0.15) is 12.8 Å². The molecular formula is C11H13BrF2N2O2S. The lowest BCUT2D eigenvalue weighted by Crippen LogP contribution is -2.41. The summed E-state index contributed by atoms with van der Waals surface area (Å²) in [6.45, 7) is 1.11. The van der Waals surface area contributed by atoms with Gasteiger partial charge in [-0.2, -0.15) is 0 Å². The molecule has 0 radical (unpaired) electrons. The molecule has 1 aliphatic heterocycles. The van der Waals surface area contributed by atoms with Crippen molar-refractivity contribution in [1.29, 1.82) is 0 Å². The highest BCUT2D eigenvalue weighted by Gasteiger charge is 2.28. The van der Waals surface area contributed by atoms with Crippen LogP contribution in [0.3, 0.4) is 0 Å². The van der Waals surface area contributed by atoms with Gasteiger partial charge in [-0.05, 0) is 41.4 Å². The highest BCUT2D eigenvalue weighted by Crippen LogP contribution is 2.25. The van der Waals surface area contributed by atoms with Gasteiger partial charge >= 0.3 is 0 Å². The van der Waals surface area contributed by atoms with Crippen LogP contribution in [0.2, 0.25) is 0 Å². The monoisotopic (exact) mass is 354 g/mol. The van der Waals surface area contributed by atoms with Crippen molar-refractivity contribution >= 4 is 31.6 Å². The minimum absolute atomic E-state index is 0.00775. The maximum absolute atomic E-state index is 13.5. The number of anilines is 1. The van der Waals surface area contributed by atoms with Crippen molar-refractivity contribution in [2.75, 3.05) is 17.8 Å². The molecule has 2 N–H and O–H groups in total. The summed E-state index contributed by atoms with van der Waals surface area (Å²) in [6, 6.07) is 1.72. The van der Waals surface area contributed by atoms with Crippen molar-refractivity contribution < 1.29 is 17.2 Å². The smallest absolute Gasteiger partial charge is 0.236 e. The fraction of sp³-hybridized carbons (Fsp3) is 0.455. The van der Waals surface area contributed by atoms with Gasteiger partial charge in [-0.15, -0.1) is 0 Å². The Kier molecular flexibility index (Phi) is 4.42. The van der Waals surface area contributed by atoms with Gasteiger partial charge in [0.15, 0.2) is 0 Å². The second kappa shape index (κ2) is 5.72. The van der Waals surface area contributed by atoms with Gasteiger partial charge in [-0.3, -0.25) is 4.72 Å². The van der Waals surface area contributed by atoms with Crippen molar-refractivity contribution in [2.45, 2.75) is 18.1 Å². The molecule has 1 aromatic carbocycles. The zero-order valence-corrected chi connectivity index (χ0v) is 12.3. The topological polar surface area (TPSA) is 58.2 Å².